The van der Waals surface area contributed by atoms with Crippen LogP contribution in [0.15, 0.2) is 65.0 Å². The Bertz CT molecular complexity index is 1090. The van der Waals surface area contributed by atoms with Crippen molar-refractivity contribution >= 4 is 57.1 Å². The van der Waals surface area contributed by atoms with Crippen LogP contribution >= 0.6 is 34.9 Å². The van der Waals surface area contributed by atoms with Gasteiger partial charge in [0.25, 0.3) is 11.1 Å². The van der Waals surface area contributed by atoms with Crippen molar-refractivity contribution in [1.82, 2.24) is 10.3 Å². The van der Waals surface area contributed by atoms with E-state index in [0.29, 0.717) is 33.3 Å². The second-order valence-electron chi connectivity index (χ2n) is 6.76. The maximum atomic E-state index is 13.2. The lowest BCUT2D eigenvalue weighted by Gasteiger charge is -2.18. The highest BCUT2D eigenvalue weighted by Crippen LogP contribution is 2.30. The zero-order valence-electron chi connectivity index (χ0n) is 18.1. The van der Waals surface area contributed by atoms with Gasteiger partial charge in [-0.2, -0.15) is 11.8 Å². The van der Waals surface area contributed by atoms with Gasteiger partial charge < -0.3 is 10.1 Å². The summed E-state index contributed by atoms with van der Waals surface area (Å²) in [5.74, 6) is -0.158. The Labute approximate surface area is 204 Å². The van der Waals surface area contributed by atoms with Gasteiger partial charge in [0, 0.05) is 22.0 Å². The summed E-state index contributed by atoms with van der Waals surface area (Å²) in [6.45, 7) is 0. The number of nitrogens with zero attached hydrogens (tertiary/aromatic N) is 1. The number of thioether (sulfide) groups is 2. The van der Waals surface area contributed by atoms with Crippen molar-refractivity contribution in [3.05, 3.63) is 65.7 Å². The number of esters is 1. The number of amides is 2. The van der Waals surface area contributed by atoms with Gasteiger partial charge in [0.05, 0.1) is 7.11 Å². The fourth-order valence-corrected chi connectivity index (χ4v) is 4.74. The van der Waals surface area contributed by atoms with Crippen LogP contribution in [0.4, 0.5) is 9.93 Å². The Balaban J connectivity index is 1.86. The van der Waals surface area contributed by atoms with Crippen molar-refractivity contribution in [2.45, 2.75) is 17.4 Å². The topological polar surface area (TPSA) is 97.4 Å². The molecular formula is C23H23N3O4S3. The van der Waals surface area contributed by atoms with E-state index in [1.165, 1.54) is 18.4 Å². The first-order valence-corrected chi connectivity index (χ1v) is 13.1. The molecule has 2 aromatic carbocycles. The van der Waals surface area contributed by atoms with Gasteiger partial charge in [0.15, 0.2) is 5.13 Å². The molecule has 172 valence electrons. The second kappa shape index (κ2) is 12.4. The number of methoxy groups -OCH3 is 1. The van der Waals surface area contributed by atoms with Gasteiger partial charge in [-0.25, -0.2) is 9.78 Å². The number of hydrogen-bond acceptors (Lipinski definition) is 8. The van der Waals surface area contributed by atoms with Gasteiger partial charge in [-0.05, 0) is 59.5 Å². The predicted molar refractivity (Wildman–Crippen MR) is 135 cm³/mol. The molecule has 1 heterocycles. The first-order chi connectivity index (χ1) is 16.0. The van der Waals surface area contributed by atoms with Crippen LogP contribution in [0.3, 0.4) is 0 Å². The third-order valence-electron chi connectivity index (χ3n) is 4.57. The second-order valence-corrected chi connectivity index (χ2v) is 9.68. The van der Waals surface area contributed by atoms with Gasteiger partial charge in [-0.3, -0.25) is 14.9 Å². The van der Waals surface area contributed by atoms with Crippen LogP contribution in [-0.4, -0.2) is 47.3 Å². The SMILES string of the molecule is COC(=O)C(CCSC)NC(=O)c1ccc(SC(=O)Nc2nccs2)cc1-c1ccccc1. The van der Waals surface area contributed by atoms with Crippen LogP contribution in [0.5, 0.6) is 0 Å². The van der Waals surface area contributed by atoms with Crippen molar-refractivity contribution in [2.24, 2.45) is 0 Å². The lowest BCUT2D eigenvalue weighted by molar-refractivity contribution is -0.142. The molecule has 0 aliphatic heterocycles. The van der Waals surface area contributed by atoms with E-state index in [4.69, 9.17) is 4.74 Å². The summed E-state index contributed by atoms with van der Waals surface area (Å²) in [5.41, 5.74) is 1.89. The summed E-state index contributed by atoms with van der Waals surface area (Å²) in [7, 11) is 1.30. The molecule has 3 aromatic rings. The normalized spacial score (nSPS) is 11.5. The van der Waals surface area contributed by atoms with Crippen molar-refractivity contribution < 1.29 is 19.1 Å². The fourth-order valence-electron chi connectivity index (χ4n) is 3.01. The first kappa shape index (κ1) is 24.8. The van der Waals surface area contributed by atoms with Gasteiger partial charge in [0.1, 0.15) is 6.04 Å². The number of benzene rings is 2. The number of carbonyl (C=O) groups excluding carboxylic acids is 3. The molecule has 10 heteroatoms. The van der Waals surface area contributed by atoms with E-state index in [-0.39, 0.29) is 11.1 Å². The quantitative estimate of drug-likeness (QED) is 0.309. The monoisotopic (exact) mass is 501 g/mol. The molecule has 0 bridgehead atoms. The van der Waals surface area contributed by atoms with E-state index < -0.39 is 12.0 Å². The molecule has 0 radical (unpaired) electrons. The number of aromatic nitrogens is 1. The van der Waals surface area contributed by atoms with E-state index in [1.807, 2.05) is 36.6 Å². The van der Waals surface area contributed by atoms with Gasteiger partial charge in [-0.1, -0.05) is 30.3 Å². The predicted octanol–water partition coefficient (Wildman–Crippen LogP) is 5.16. The van der Waals surface area contributed by atoms with Crippen molar-refractivity contribution in [2.75, 3.05) is 24.4 Å². The van der Waals surface area contributed by atoms with E-state index in [9.17, 15) is 14.4 Å². The van der Waals surface area contributed by atoms with Crippen LogP contribution in [0.25, 0.3) is 11.1 Å². The molecule has 0 aliphatic carbocycles. The molecule has 0 saturated carbocycles. The van der Waals surface area contributed by atoms with E-state index >= 15 is 0 Å². The van der Waals surface area contributed by atoms with Crippen LogP contribution in [-0.2, 0) is 9.53 Å². The molecule has 0 fully saturated rings. The average molecular weight is 502 g/mol. The third kappa shape index (κ3) is 7.08. The molecule has 7 nitrogen and oxygen atoms in total. The number of hydrogen-bond donors (Lipinski definition) is 2. The lowest BCUT2D eigenvalue weighted by Crippen LogP contribution is -2.42. The Morgan fingerprint density at radius 3 is 2.61 bits per heavy atom. The number of carbonyl (C=O) groups is 3. The molecule has 1 atom stereocenters. The molecule has 0 spiro atoms. The number of rotatable bonds is 9. The largest absolute Gasteiger partial charge is 0.467 e. The van der Waals surface area contributed by atoms with Crippen molar-refractivity contribution in [3.63, 3.8) is 0 Å². The van der Waals surface area contributed by atoms with Gasteiger partial charge >= 0.3 is 5.97 Å². The van der Waals surface area contributed by atoms with E-state index in [1.54, 1.807) is 41.5 Å². The summed E-state index contributed by atoms with van der Waals surface area (Å²) in [6, 6.07) is 13.9. The third-order valence-corrected chi connectivity index (χ3v) is 6.68. The van der Waals surface area contributed by atoms with Gasteiger partial charge in [0.2, 0.25) is 0 Å². The Hall–Kier alpha value is -2.82. The maximum absolute atomic E-state index is 13.2. The fraction of sp³-hybridized carbons (Fsp3) is 0.217. The first-order valence-electron chi connectivity index (χ1n) is 9.97. The Morgan fingerprint density at radius 2 is 1.94 bits per heavy atom. The molecule has 3 rings (SSSR count). The standard InChI is InChI=1S/C23H23N3O4S3/c1-30-21(28)19(10-12-31-2)25-20(27)17-9-8-16(14-18(17)15-6-4-3-5-7-15)33-23(29)26-22-24-11-13-32-22/h3-9,11,13-14,19H,10,12H2,1-2H3,(H,25,27)(H,24,26,29). The number of nitrogens with one attached hydrogen (secondary N) is 2. The number of anilines is 1. The van der Waals surface area contributed by atoms with Crippen molar-refractivity contribution in [3.8, 4) is 11.1 Å². The average Bonchev–Trinajstić information content (AvgIpc) is 3.34. The summed E-state index contributed by atoms with van der Waals surface area (Å²) >= 11 is 3.93. The minimum atomic E-state index is -0.739. The van der Waals surface area contributed by atoms with Gasteiger partial charge in [-0.15, -0.1) is 11.3 Å². The maximum Gasteiger partial charge on any atom is 0.328 e. The summed E-state index contributed by atoms with van der Waals surface area (Å²) in [6.07, 6.45) is 4.02. The smallest absolute Gasteiger partial charge is 0.328 e. The summed E-state index contributed by atoms with van der Waals surface area (Å²) < 4.78 is 4.85. The minimum absolute atomic E-state index is 0.274. The Kier molecular flexibility index (Phi) is 9.35. The van der Waals surface area contributed by atoms with Crippen LogP contribution in [0, 0.1) is 0 Å². The molecule has 0 aliphatic rings. The van der Waals surface area contributed by atoms with Crippen LogP contribution in [0.2, 0.25) is 0 Å². The van der Waals surface area contributed by atoms with Crippen LogP contribution < -0.4 is 10.6 Å². The van der Waals surface area contributed by atoms with E-state index in [0.717, 1.165) is 17.3 Å². The highest BCUT2D eigenvalue weighted by molar-refractivity contribution is 8.14. The molecule has 0 saturated heterocycles. The zero-order chi connectivity index (χ0) is 23.6. The minimum Gasteiger partial charge on any atom is -0.467 e. The highest BCUT2D eigenvalue weighted by Gasteiger charge is 2.23. The molecule has 2 N–H and O–H groups in total. The Morgan fingerprint density at radius 1 is 1.15 bits per heavy atom. The molecule has 1 unspecified atom stereocenters. The highest BCUT2D eigenvalue weighted by atomic mass is 32.2. The summed E-state index contributed by atoms with van der Waals surface area (Å²) in [4.78, 5) is 42.4. The number of ether oxygens (including phenoxy) is 1. The van der Waals surface area contributed by atoms with Crippen molar-refractivity contribution in [1.29, 1.82) is 0 Å². The summed E-state index contributed by atoms with van der Waals surface area (Å²) in [5, 5.41) is 7.55. The van der Waals surface area contributed by atoms with Crippen LogP contribution in [0.1, 0.15) is 16.8 Å². The number of thiazole rings is 1. The zero-order valence-corrected chi connectivity index (χ0v) is 20.5. The molecule has 2 amide bonds. The molecule has 33 heavy (non-hydrogen) atoms. The van der Waals surface area contributed by atoms with E-state index in [2.05, 4.69) is 15.6 Å². The lowest BCUT2D eigenvalue weighted by atomic mass is 9.99. The molecular weight excluding hydrogens is 478 g/mol. The molecule has 1 aromatic heterocycles.